The lowest BCUT2D eigenvalue weighted by Gasteiger charge is -2.27. The molecule has 142 valence electrons. The Labute approximate surface area is 160 Å². The number of phenols is 2. The Bertz CT molecular complexity index is 1140. The summed E-state index contributed by atoms with van der Waals surface area (Å²) < 4.78 is 11.7. The Kier molecular flexibility index (Phi) is 4.07. The number of furan rings is 1. The van der Waals surface area contributed by atoms with Gasteiger partial charge in [-0.25, -0.2) is 5.43 Å². The molecule has 7 heteroatoms. The highest BCUT2D eigenvalue weighted by Gasteiger charge is 2.24. The van der Waals surface area contributed by atoms with Gasteiger partial charge in [-0.3, -0.25) is 4.79 Å². The Morgan fingerprint density at radius 2 is 2.00 bits per heavy atom. The van der Waals surface area contributed by atoms with Gasteiger partial charge in [0.25, 0.3) is 0 Å². The third-order valence-corrected chi connectivity index (χ3v) is 4.31. The molecule has 0 radical (unpaired) electrons. The summed E-state index contributed by atoms with van der Waals surface area (Å²) >= 11 is 0. The number of benzene rings is 2. The lowest BCUT2D eigenvalue weighted by atomic mass is 10.0. The molecule has 0 saturated heterocycles. The van der Waals surface area contributed by atoms with Crippen LogP contribution in [0.25, 0.3) is 17.0 Å². The van der Waals surface area contributed by atoms with E-state index in [1.807, 2.05) is 38.1 Å². The summed E-state index contributed by atoms with van der Waals surface area (Å²) in [6.07, 6.45) is 5.09. The van der Waals surface area contributed by atoms with Crippen molar-refractivity contribution in [2.24, 2.45) is 5.10 Å². The number of hydrazone groups is 1. The van der Waals surface area contributed by atoms with E-state index in [2.05, 4.69) is 10.5 Å². The van der Waals surface area contributed by atoms with Gasteiger partial charge < -0.3 is 19.4 Å². The van der Waals surface area contributed by atoms with Crippen LogP contribution in [0.4, 0.5) is 0 Å². The second-order valence-electron chi connectivity index (χ2n) is 6.99. The minimum atomic E-state index is -0.540. The molecule has 1 aliphatic heterocycles. The van der Waals surface area contributed by atoms with E-state index in [0.717, 1.165) is 10.9 Å². The van der Waals surface area contributed by atoms with Crippen LogP contribution in [-0.4, -0.2) is 27.9 Å². The molecule has 28 heavy (non-hydrogen) atoms. The number of amides is 1. The SMILES string of the molecule is CC1(C)C=Cc2c(ccc3cc(C(=O)N/N=C/c4cc(O)ccc4O)oc23)O1. The molecule has 1 aromatic heterocycles. The number of rotatable bonds is 3. The summed E-state index contributed by atoms with van der Waals surface area (Å²) in [6, 6.07) is 9.31. The summed E-state index contributed by atoms with van der Waals surface area (Å²) in [5, 5.41) is 23.7. The fraction of sp³-hybridized carbons (Fsp3) is 0.143. The molecule has 2 heterocycles. The highest BCUT2D eigenvalue weighted by atomic mass is 16.5. The Hall–Kier alpha value is -3.74. The standard InChI is InChI=1S/C21H18N2O5/c1-21(2)8-7-15-17(28-21)6-3-12-10-18(27-19(12)15)20(26)23-22-11-13-9-14(24)4-5-16(13)25/h3-11,24-25H,1-2H3,(H,23,26)/b22-11+. The van der Waals surface area contributed by atoms with Crippen molar-refractivity contribution in [3.63, 3.8) is 0 Å². The quantitative estimate of drug-likeness (QED) is 0.365. The van der Waals surface area contributed by atoms with Crippen molar-refractivity contribution in [3.8, 4) is 17.2 Å². The minimum Gasteiger partial charge on any atom is -0.508 e. The van der Waals surface area contributed by atoms with Gasteiger partial charge in [-0.15, -0.1) is 0 Å². The number of nitrogens with zero attached hydrogens (tertiary/aromatic N) is 1. The lowest BCUT2D eigenvalue weighted by molar-refractivity contribution is 0.0929. The van der Waals surface area contributed by atoms with Gasteiger partial charge >= 0.3 is 5.91 Å². The van der Waals surface area contributed by atoms with Crippen LogP contribution in [-0.2, 0) is 0 Å². The predicted molar refractivity (Wildman–Crippen MR) is 105 cm³/mol. The molecular weight excluding hydrogens is 360 g/mol. The number of aromatic hydroxyl groups is 2. The molecule has 2 aromatic carbocycles. The van der Waals surface area contributed by atoms with Crippen LogP contribution in [0.5, 0.6) is 17.2 Å². The zero-order valence-corrected chi connectivity index (χ0v) is 15.3. The van der Waals surface area contributed by atoms with E-state index in [1.165, 1.54) is 24.4 Å². The highest BCUT2D eigenvalue weighted by Crippen LogP contribution is 2.37. The molecule has 0 bridgehead atoms. The van der Waals surface area contributed by atoms with Crippen LogP contribution >= 0.6 is 0 Å². The van der Waals surface area contributed by atoms with Crippen LogP contribution in [0.3, 0.4) is 0 Å². The lowest BCUT2D eigenvalue weighted by Crippen LogP contribution is -2.27. The molecule has 0 aliphatic carbocycles. The molecule has 0 spiro atoms. The van der Waals surface area contributed by atoms with Gasteiger partial charge in [0, 0.05) is 10.9 Å². The first-order valence-electron chi connectivity index (χ1n) is 8.63. The van der Waals surface area contributed by atoms with Gasteiger partial charge in [0.1, 0.15) is 28.4 Å². The maximum absolute atomic E-state index is 12.3. The summed E-state index contributed by atoms with van der Waals surface area (Å²) in [6.45, 7) is 3.92. The van der Waals surface area contributed by atoms with Gasteiger partial charge in [-0.1, -0.05) is 0 Å². The average molecular weight is 378 g/mol. The van der Waals surface area contributed by atoms with Gasteiger partial charge in [0.15, 0.2) is 5.76 Å². The van der Waals surface area contributed by atoms with E-state index in [9.17, 15) is 15.0 Å². The van der Waals surface area contributed by atoms with Crippen molar-refractivity contribution < 1.29 is 24.2 Å². The van der Waals surface area contributed by atoms with Crippen molar-refractivity contribution in [1.29, 1.82) is 0 Å². The Morgan fingerprint density at radius 3 is 2.82 bits per heavy atom. The molecule has 1 aliphatic rings. The van der Waals surface area contributed by atoms with Crippen molar-refractivity contribution in [2.45, 2.75) is 19.4 Å². The van der Waals surface area contributed by atoms with E-state index in [1.54, 1.807) is 6.07 Å². The van der Waals surface area contributed by atoms with Crippen molar-refractivity contribution >= 4 is 29.2 Å². The Balaban J connectivity index is 1.57. The number of fused-ring (bicyclic) bond motifs is 3. The first kappa shape index (κ1) is 17.7. The Morgan fingerprint density at radius 1 is 1.18 bits per heavy atom. The van der Waals surface area contributed by atoms with Gasteiger partial charge in [0.2, 0.25) is 0 Å². The second kappa shape index (κ2) is 6.45. The fourth-order valence-electron chi connectivity index (χ4n) is 2.93. The molecular formula is C21H18N2O5. The van der Waals surface area contributed by atoms with Gasteiger partial charge in [-0.2, -0.15) is 5.10 Å². The largest absolute Gasteiger partial charge is 0.508 e. The van der Waals surface area contributed by atoms with Gasteiger partial charge in [0.05, 0.1) is 11.8 Å². The molecule has 4 rings (SSSR count). The summed E-state index contributed by atoms with van der Waals surface area (Å²) in [4.78, 5) is 12.3. The van der Waals surface area contributed by atoms with Crippen LogP contribution < -0.4 is 10.2 Å². The second-order valence-corrected chi connectivity index (χ2v) is 6.99. The van der Waals surface area contributed by atoms with E-state index < -0.39 is 11.5 Å². The number of hydrogen-bond acceptors (Lipinski definition) is 6. The van der Waals surface area contributed by atoms with E-state index in [4.69, 9.17) is 9.15 Å². The number of nitrogens with one attached hydrogen (secondary N) is 1. The zero-order chi connectivity index (χ0) is 19.9. The summed E-state index contributed by atoms with van der Waals surface area (Å²) in [5.74, 6) is 0.159. The maximum Gasteiger partial charge on any atom is 0.307 e. The van der Waals surface area contributed by atoms with Crippen molar-refractivity contribution in [3.05, 3.63) is 59.4 Å². The fourth-order valence-corrected chi connectivity index (χ4v) is 2.93. The maximum atomic E-state index is 12.3. The summed E-state index contributed by atoms with van der Waals surface area (Å²) in [5.41, 5.74) is 3.55. The molecule has 0 fully saturated rings. The molecule has 0 atom stereocenters. The number of carbonyl (C=O) groups is 1. The topological polar surface area (TPSA) is 104 Å². The van der Waals surface area contributed by atoms with E-state index in [0.29, 0.717) is 11.3 Å². The van der Waals surface area contributed by atoms with E-state index in [-0.39, 0.29) is 22.8 Å². The molecule has 0 unspecified atom stereocenters. The first-order valence-corrected chi connectivity index (χ1v) is 8.63. The molecule has 0 saturated carbocycles. The van der Waals surface area contributed by atoms with E-state index >= 15 is 0 Å². The van der Waals surface area contributed by atoms with Crippen molar-refractivity contribution in [2.75, 3.05) is 0 Å². The van der Waals surface area contributed by atoms with Crippen LogP contribution in [0.1, 0.15) is 35.5 Å². The number of carbonyl (C=O) groups excluding carboxylic acids is 1. The molecule has 1 amide bonds. The predicted octanol–water partition coefficient (Wildman–Crippen LogP) is 3.79. The minimum absolute atomic E-state index is 0.0221. The zero-order valence-electron chi connectivity index (χ0n) is 15.3. The smallest absolute Gasteiger partial charge is 0.307 e. The molecule has 7 nitrogen and oxygen atoms in total. The number of hydrogen-bond donors (Lipinski definition) is 3. The van der Waals surface area contributed by atoms with Crippen molar-refractivity contribution in [1.82, 2.24) is 5.43 Å². The third kappa shape index (κ3) is 3.29. The third-order valence-electron chi connectivity index (χ3n) is 4.31. The molecule has 3 aromatic rings. The number of phenolic OH excluding ortho intramolecular Hbond substituents is 2. The first-order chi connectivity index (χ1) is 13.3. The van der Waals surface area contributed by atoms with Crippen LogP contribution in [0.2, 0.25) is 0 Å². The average Bonchev–Trinajstić information content (AvgIpc) is 3.08. The van der Waals surface area contributed by atoms with Gasteiger partial charge in [-0.05, 0) is 62.4 Å². The molecule has 3 N–H and O–H groups in total. The number of ether oxygens (including phenoxy) is 1. The summed E-state index contributed by atoms with van der Waals surface area (Å²) in [7, 11) is 0. The normalized spacial score (nSPS) is 14.8. The van der Waals surface area contributed by atoms with Crippen LogP contribution in [0, 0.1) is 0 Å². The monoisotopic (exact) mass is 378 g/mol. The van der Waals surface area contributed by atoms with Crippen LogP contribution in [0.15, 0.2) is 52.0 Å². The highest BCUT2D eigenvalue weighted by molar-refractivity contribution is 5.99.